The summed E-state index contributed by atoms with van der Waals surface area (Å²) in [5, 5.41) is 11.7. The first-order chi connectivity index (χ1) is 9.55. The fourth-order valence-electron chi connectivity index (χ4n) is 1.91. The highest BCUT2D eigenvalue weighted by molar-refractivity contribution is 5.91. The van der Waals surface area contributed by atoms with Gasteiger partial charge in [-0.2, -0.15) is 5.26 Å². The number of nitrogens with zero attached hydrogens (tertiary/aromatic N) is 2. The number of nitriles is 1. The number of aromatic nitrogens is 1. The summed E-state index contributed by atoms with van der Waals surface area (Å²) < 4.78 is 4.88. The molecule has 1 aromatic heterocycles. The molecule has 1 atom stereocenters. The van der Waals surface area contributed by atoms with Crippen molar-refractivity contribution in [2.75, 3.05) is 6.61 Å². The summed E-state index contributed by atoms with van der Waals surface area (Å²) in [6.07, 6.45) is 4.76. The van der Waals surface area contributed by atoms with Crippen LogP contribution < -0.4 is 5.32 Å². The molecule has 20 heavy (non-hydrogen) atoms. The van der Waals surface area contributed by atoms with Crippen molar-refractivity contribution in [2.24, 2.45) is 5.92 Å². The summed E-state index contributed by atoms with van der Waals surface area (Å²) in [6.45, 7) is 1.28. The highest BCUT2D eigenvalue weighted by Gasteiger charge is 2.43. The van der Waals surface area contributed by atoms with Gasteiger partial charge in [-0.15, -0.1) is 0 Å². The SMILES string of the molecule is C[C@@](C#N)(NC(=O)COC(=O)c1cccnc1)C1CC1. The van der Waals surface area contributed by atoms with E-state index in [0.29, 0.717) is 0 Å². The van der Waals surface area contributed by atoms with Crippen LogP contribution in [0.4, 0.5) is 0 Å². The number of pyridine rings is 1. The molecule has 1 saturated carbocycles. The van der Waals surface area contributed by atoms with Gasteiger partial charge in [0.2, 0.25) is 0 Å². The van der Waals surface area contributed by atoms with E-state index in [-0.39, 0.29) is 11.5 Å². The first-order valence-corrected chi connectivity index (χ1v) is 6.34. The Kier molecular flexibility index (Phi) is 3.99. The lowest BCUT2D eigenvalue weighted by Crippen LogP contribution is -2.48. The molecule has 1 fully saturated rings. The quantitative estimate of drug-likeness (QED) is 0.809. The van der Waals surface area contributed by atoms with Crippen molar-refractivity contribution in [3.63, 3.8) is 0 Å². The third kappa shape index (κ3) is 3.32. The van der Waals surface area contributed by atoms with Crippen molar-refractivity contribution in [3.8, 4) is 6.07 Å². The lowest BCUT2D eigenvalue weighted by Gasteiger charge is -2.22. The van der Waals surface area contributed by atoms with Crippen molar-refractivity contribution in [2.45, 2.75) is 25.3 Å². The number of esters is 1. The van der Waals surface area contributed by atoms with Crippen LogP contribution in [0.2, 0.25) is 0 Å². The average Bonchev–Trinajstić information content (AvgIpc) is 3.30. The fourth-order valence-corrected chi connectivity index (χ4v) is 1.91. The number of carbonyl (C=O) groups excluding carboxylic acids is 2. The number of hydrogen-bond acceptors (Lipinski definition) is 5. The van der Waals surface area contributed by atoms with Crippen LogP contribution in [-0.2, 0) is 9.53 Å². The third-order valence-corrected chi connectivity index (χ3v) is 3.26. The fraction of sp³-hybridized carbons (Fsp3) is 0.429. The van der Waals surface area contributed by atoms with Gasteiger partial charge < -0.3 is 10.1 Å². The number of amides is 1. The molecule has 0 bridgehead atoms. The zero-order valence-corrected chi connectivity index (χ0v) is 11.1. The van der Waals surface area contributed by atoms with Gasteiger partial charge in [0.1, 0.15) is 5.54 Å². The normalized spacial score (nSPS) is 16.6. The Hall–Kier alpha value is -2.42. The first-order valence-electron chi connectivity index (χ1n) is 6.34. The molecule has 0 spiro atoms. The molecule has 0 radical (unpaired) electrons. The zero-order valence-electron chi connectivity index (χ0n) is 11.1. The van der Waals surface area contributed by atoms with E-state index in [1.54, 1.807) is 19.1 Å². The van der Waals surface area contributed by atoms with Gasteiger partial charge in [-0.25, -0.2) is 4.79 Å². The number of carbonyl (C=O) groups is 2. The second kappa shape index (κ2) is 5.70. The molecular weight excluding hydrogens is 258 g/mol. The molecule has 1 N–H and O–H groups in total. The van der Waals surface area contributed by atoms with Crippen LogP contribution in [0.15, 0.2) is 24.5 Å². The van der Waals surface area contributed by atoms with Crippen LogP contribution in [0, 0.1) is 17.2 Å². The molecule has 0 aromatic carbocycles. The number of ether oxygens (including phenoxy) is 1. The summed E-state index contributed by atoms with van der Waals surface area (Å²) in [4.78, 5) is 27.1. The van der Waals surface area contributed by atoms with Crippen molar-refractivity contribution < 1.29 is 14.3 Å². The Morgan fingerprint density at radius 3 is 2.90 bits per heavy atom. The standard InChI is InChI=1S/C14H15N3O3/c1-14(9-15,11-4-5-11)17-12(18)8-20-13(19)10-3-2-6-16-7-10/h2-3,6-7,11H,4-5,8H2,1H3,(H,17,18)/t14-/m0/s1. The Bertz CT molecular complexity index is 549. The zero-order chi connectivity index (χ0) is 14.6. The lowest BCUT2D eigenvalue weighted by molar-refractivity contribution is -0.125. The Morgan fingerprint density at radius 2 is 2.35 bits per heavy atom. The molecule has 0 saturated heterocycles. The largest absolute Gasteiger partial charge is 0.452 e. The predicted octanol–water partition coefficient (Wildman–Crippen LogP) is 1.05. The number of hydrogen-bond donors (Lipinski definition) is 1. The van der Waals surface area contributed by atoms with Gasteiger partial charge in [-0.3, -0.25) is 9.78 Å². The Labute approximate surface area is 116 Å². The van der Waals surface area contributed by atoms with E-state index >= 15 is 0 Å². The van der Waals surface area contributed by atoms with E-state index in [4.69, 9.17) is 10.00 Å². The second-order valence-corrected chi connectivity index (χ2v) is 4.95. The van der Waals surface area contributed by atoms with E-state index in [9.17, 15) is 9.59 Å². The Balaban J connectivity index is 1.84. The minimum absolute atomic E-state index is 0.186. The van der Waals surface area contributed by atoms with Gasteiger partial charge in [0.15, 0.2) is 6.61 Å². The van der Waals surface area contributed by atoms with E-state index in [0.717, 1.165) is 12.8 Å². The molecule has 1 aliphatic carbocycles. The van der Waals surface area contributed by atoms with Crippen LogP contribution in [-0.4, -0.2) is 29.0 Å². The van der Waals surface area contributed by atoms with Gasteiger partial charge in [0.25, 0.3) is 5.91 Å². The van der Waals surface area contributed by atoms with Gasteiger partial charge >= 0.3 is 5.97 Å². The molecule has 1 heterocycles. The van der Waals surface area contributed by atoms with E-state index in [1.165, 1.54) is 12.4 Å². The predicted molar refractivity (Wildman–Crippen MR) is 69.4 cm³/mol. The summed E-state index contributed by atoms with van der Waals surface area (Å²) in [7, 11) is 0. The van der Waals surface area contributed by atoms with Gasteiger partial charge in [-0.1, -0.05) is 0 Å². The smallest absolute Gasteiger partial charge is 0.340 e. The maximum absolute atomic E-state index is 11.7. The third-order valence-electron chi connectivity index (χ3n) is 3.26. The van der Waals surface area contributed by atoms with Gasteiger partial charge in [0.05, 0.1) is 11.6 Å². The van der Waals surface area contributed by atoms with Crippen molar-refractivity contribution in [1.29, 1.82) is 5.26 Å². The highest BCUT2D eigenvalue weighted by Crippen LogP contribution is 2.39. The van der Waals surface area contributed by atoms with E-state index in [2.05, 4.69) is 16.4 Å². The maximum atomic E-state index is 11.7. The van der Waals surface area contributed by atoms with Crippen molar-refractivity contribution in [1.82, 2.24) is 10.3 Å². The molecule has 1 amide bonds. The first kappa shape index (κ1) is 14.0. The molecule has 0 unspecified atom stereocenters. The molecule has 0 aliphatic heterocycles. The van der Waals surface area contributed by atoms with Crippen LogP contribution in [0.5, 0.6) is 0 Å². The van der Waals surface area contributed by atoms with Gasteiger partial charge in [-0.05, 0) is 37.8 Å². The summed E-state index contributed by atoms with van der Waals surface area (Å²) in [5.41, 5.74) is -0.594. The van der Waals surface area contributed by atoms with E-state index < -0.39 is 24.0 Å². The van der Waals surface area contributed by atoms with Crippen LogP contribution in [0.3, 0.4) is 0 Å². The molecule has 1 aromatic rings. The summed E-state index contributed by atoms with van der Waals surface area (Å²) in [5.74, 6) is -0.901. The molecule has 2 rings (SSSR count). The molecular formula is C14H15N3O3. The minimum atomic E-state index is -0.877. The molecule has 104 valence electrons. The monoisotopic (exact) mass is 273 g/mol. The average molecular weight is 273 g/mol. The highest BCUT2D eigenvalue weighted by atomic mass is 16.5. The summed E-state index contributed by atoms with van der Waals surface area (Å²) >= 11 is 0. The Morgan fingerprint density at radius 1 is 1.60 bits per heavy atom. The molecule has 6 nitrogen and oxygen atoms in total. The van der Waals surface area contributed by atoms with E-state index in [1.807, 2.05) is 0 Å². The van der Waals surface area contributed by atoms with Crippen LogP contribution in [0.1, 0.15) is 30.1 Å². The van der Waals surface area contributed by atoms with Crippen LogP contribution >= 0.6 is 0 Å². The molecule has 6 heteroatoms. The summed E-state index contributed by atoms with van der Waals surface area (Å²) in [6, 6.07) is 5.27. The molecule has 1 aliphatic rings. The number of nitrogens with one attached hydrogen (secondary N) is 1. The minimum Gasteiger partial charge on any atom is -0.452 e. The maximum Gasteiger partial charge on any atom is 0.340 e. The topological polar surface area (TPSA) is 92.1 Å². The lowest BCUT2D eigenvalue weighted by atomic mass is 9.98. The second-order valence-electron chi connectivity index (χ2n) is 4.95. The van der Waals surface area contributed by atoms with Crippen molar-refractivity contribution in [3.05, 3.63) is 30.1 Å². The number of rotatable bonds is 5. The van der Waals surface area contributed by atoms with Crippen molar-refractivity contribution >= 4 is 11.9 Å². The van der Waals surface area contributed by atoms with Crippen LogP contribution in [0.25, 0.3) is 0 Å². The van der Waals surface area contributed by atoms with Gasteiger partial charge in [0, 0.05) is 12.4 Å².